The summed E-state index contributed by atoms with van der Waals surface area (Å²) >= 11 is 5.79. The Hall–Kier alpha value is -1.75. The number of carbonyl (C=O) groups is 2. The molecular formula is C14H19ClN2O3. The van der Waals surface area contributed by atoms with Crippen molar-refractivity contribution in [1.82, 2.24) is 5.32 Å². The van der Waals surface area contributed by atoms with Crippen molar-refractivity contribution in [3.05, 3.63) is 28.8 Å². The molecule has 1 aromatic carbocycles. The molecule has 0 aliphatic rings. The van der Waals surface area contributed by atoms with Crippen LogP contribution >= 0.6 is 11.6 Å². The van der Waals surface area contributed by atoms with Crippen molar-refractivity contribution in [1.29, 1.82) is 0 Å². The van der Waals surface area contributed by atoms with E-state index in [4.69, 9.17) is 22.1 Å². The van der Waals surface area contributed by atoms with Gasteiger partial charge < -0.3 is 15.8 Å². The molecule has 0 heterocycles. The molecule has 1 aromatic rings. The molecule has 0 unspecified atom stereocenters. The highest BCUT2D eigenvalue weighted by atomic mass is 35.5. The second-order valence-electron chi connectivity index (χ2n) is 4.39. The van der Waals surface area contributed by atoms with Crippen LogP contribution in [0.5, 0.6) is 0 Å². The van der Waals surface area contributed by atoms with Crippen molar-refractivity contribution < 1.29 is 14.3 Å². The lowest BCUT2D eigenvalue weighted by atomic mass is 10.2. The van der Waals surface area contributed by atoms with Crippen LogP contribution in [0.4, 0.5) is 5.69 Å². The van der Waals surface area contributed by atoms with Crippen LogP contribution in [-0.2, 0) is 9.53 Å². The zero-order valence-electron chi connectivity index (χ0n) is 11.6. The number of anilines is 1. The van der Waals surface area contributed by atoms with E-state index in [2.05, 4.69) is 5.32 Å². The van der Waals surface area contributed by atoms with Crippen molar-refractivity contribution in [3.63, 3.8) is 0 Å². The number of benzene rings is 1. The van der Waals surface area contributed by atoms with Gasteiger partial charge in [0.2, 0.25) is 0 Å². The number of nitrogens with two attached hydrogens (primary N) is 1. The van der Waals surface area contributed by atoms with E-state index in [-0.39, 0.29) is 29.8 Å². The molecule has 0 saturated carbocycles. The first-order valence-corrected chi connectivity index (χ1v) is 6.87. The van der Waals surface area contributed by atoms with Crippen LogP contribution in [-0.4, -0.2) is 24.5 Å². The van der Waals surface area contributed by atoms with Crippen LogP contribution in [0.1, 0.15) is 37.0 Å². The van der Waals surface area contributed by atoms with Gasteiger partial charge in [0.1, 0.15) is 0 Å². The number of esters is 1. The van der Waals surface area contributed by atoms with Crippen LogP contribution in [0.3, 0.4) is 0 Å². The van der Waals surface area contributed by atoms with Crippen molar-refractivity contribution in [3.8, 4) is 0 Å². The van der Waals surface area contributed by atoms with Gasteiger partial charge in [-0.05, 0) is 31.0 Å². The summed E-state index contributed by atoms with van der Waals surface area (Å²) in [5.41, 5.74) is 6.08. The summed E-state index contributed by atoms with van der Waals surface area (Å²) in [7, 11) is 0. The lowest BCUT2D eigenvalue weighted by Crippen LogP contribution is -2.36. The van der Waals surface area contributed by atoms with Gasteiger partial charge in [0.05, 0.1) is 5.56 Å². The molecule has 0 fully saturated rings. The minimum atomic E-state index is -0.662. The van der Waals surface area contributed by atoms with Crippen LogP contribution in [0.15, 0.2) is 18.2 Å². The minimum Gasteiger partial charge on any atom is -0.452 e. The monoisotopic (exact) mass is 298 g/mol. The number of nitrogens with one attached hydrogen (secondary N) is 1. The third-order valence-electron chi connectivity index (χ3n) is 2.92. The molecule has 0 aromatic heterocycles. The molecule has 0 aliphatic heterocycles. The average Bonchev–Trinajstić information content (AvgIpc) is 2.44. The van der Waals surface area contributed by atoms with E-state index < -0.39 is 5.97 Å². The van der Waals surface area contributed by atoms with Crippen LogP contribution in [0.2, 0.25) is 5.02 Å². The van der Waals surface area contributed by atoms with Crippen molar-refractivity contribution in [2.24, 2.45) is 0 Å². The second-order valence-corrected chi connectivity index (χ2v) is 4.83. The van der Waals surface area contributed by atoms with E-state index >= 15 is 0 Å². The number of rotatable bonds is 6. The summed E-state index contributed by atoms with van der Waals surface area (Å²) < 4.78 is 4.93. The Morgan fingerprint density at radius 2 is 2.00 bits per heavy atom. The zero-order valence-corrected chi connectivity index (χ0v) is 12.4. The van der Waals surface area contributed by atoms with Gasteiger partial charge in [-0.3, -0.25) is 4.79 Å². The maximum absolute atomic E-state index is 11.8. The summed E-state index contributed by atoms with van der Waals surface area (Å²) in [5.74, 6) is -0.989. The quantitative estimate of drug-likeness (QED) is 0.624. The van der Waals surface area contributed by atoms with Crippen molar-refractivity contribution in [2.75, 3.05) is 12.3 Å². The topological polar surface area (TPSA) is 81.4 Å². The molecule has 0 saturated heterocycles. The van der Waals surface area contributed by atoms with E-state index in [1.807, 2.05) is 13.8 Å². The Morgan fingerprint density at radius 1 is 1.35 bits per heavy atom. The Kier molecular flexibility index (Phi) is 6.31. The molecule has 0 radical (unpaired) electrons. The van der Waals surface area contributed by atoms with E-state index in [1.54, 1.807) is 6.07 Å². The van der Waals surface area contributed by atoms with E-state index in [9.17, 15) is 9.59 Å². The van der Waals surface area contributed by atoms with E-state index in [0.29, 0.717) is 5.02 Å². The fourth-order valence-electron chi connectivity index (χ4n) is 1.68. The van der Waals surface area contributed by atoms with Crippen LogP contribution in [0.25, 0.3) is 0 Å². The molecule has 3 N–H and O–H groups in total. The fourth-order valence-corrected chi connectivity index (χ4v) is 1.85. The number of nitrogen functional groups attached to an aromatic ring is 1. The summed E-state index contributed by atoms with van der Waals surface area (Å²) in [6.45, 7) is 3.63. The van der Waals surface area contributed by atoms with Gasteiger partial charge in [-0.25, -0.2) is 4.79 Å². The number of ether oxygens (including phenoxy) is 1. The molecule has 0 bridgehead atoms. The van der Waals surface area contributed by atoms with Gasteiger partial charge in [-0.15, -0.1) is 0 Å². The van der Waals surface area contributed by atoms with Gasteiger partial charge in [0.15, 0.2) is 6.61 Å². The van der Waals surface area contributed by atoms with E-state index in [0.717, 1.165) is 12.8 Å². The summed E-state index contributed by atoms with van der Waals surface area (Å²) in [6.07, 6.45) is 1.66. The Bertz CT molecular complexity index is 487. The van der Waals surface area contributed by atoms with Gasteiger partial charge in [0, 0.05) is 16.8 Å². The van der Waals surface area contributed by atoms with Crippen molar-refractivity contribution in [2.45, 2.75) is 32.7 Å². The first-order valence-electron chi connectivity index (χ1n) is 6.49. The normalized spacial score (nSPS) is 10.4. The van der Waals surface area contributed by atoms with Crippen LogP contribution in [0, 0.1) is 0 Å². The largest absolute Gasteiger partial charge is 0.452 e. The first-order chi connectivity index (χ1) is 9.47. The zero-order chi connectivity index (χ0) is 15.1. The lowest BCUT2D eigenvalue weighted by Gasteiger charge is -2.14. The van der Waals surface area contributed by atoms with Gasteiger partial charge >= 0.3 is 5.97 Å². The standard InChI is InChI=1S/C14H19ClN2O3/c1-3-10(4-2)17-13(18)8-20-14(19)11-7-9(15)5-6-12(11)16/h5-7,10H,3-4,8,16H2,1-2H3,(H,17,18). The molecular weight excluding hydrogens is 280 g/mol. The molecule has 6 heteroatoms. The Labute approximate surface area is 123 Å². The third-order valence-corrected chi connectivity index (χ3v) is 3.16. The SMILES string of the molecule is CCC(CC)NC(=O)COC(=O)c1cc(Cl)ccc1N. The molecule has 1 rings (SSSR count). The first kappa shape index (κ1) is 16.3. The minimum absolute atomic E-state index is 0.0949. The predicted octanol–water partition coefficient (Wildman–Crippen LogP) is 2.38. The van der Waals surface area contributed by atoms with Crippen molar-refractivity contribution >= 4 is 29.2 Å². The fraction of sp³-hybridized carbons (Fsp3) is 0.429. The maximum atomic E-state index is 11.8. The molecule has 0 spiro atoms. The number of halogens is 1. The highest BCUT2D eigenvalue weighted by Crippen LogP contribution is 2.18. The van der Waals surface area contributed by atoms with Crippen LogP contribution < -0.4 is 11.1 Å². The summed E-state index contributed by atoms with van der Waals surface area (Å²) in [6, 6.07) is 4.60. The summed E-state index contributed by atoms with van der Waals surface area (Å²) in [4.78, 5) is 23.4. The number of hydrogen-bond acceptors (Lipinski definition) is 4. The lowest BCUT2D eigenvalue weighted by molar-refractivity contribution is -0.125. The predicted molar refractivity (Wildman–Crippen MR) is 78.7 cm³/mol. The Balaban J connectivity index is 2.55. The highest BCUT2D eigenvalue weighted by Gasteiger charge is 2.15. The molecule has 0 atom stereocenters. The molecule has 0 aliphatic carbocycles. The second kappa shape index (κ2) is 7.75. The maximum Gasteiger partial charge on any atom is 0.340 e. The third kappa shape index (κ3) is 4.74. The smallest absolute Gasteiger partial charge is 0.340 e. The average molecular weight is 299 g/mol. The number of carbonyl (C=O) groups excluding carboxylic acids is 2. The van der Waals surface area contributed by atoms with Gasteiger partial charge in [-0.2, -0.15) is 0 Å². The highest BCUT2D eigenvalue weighted by molar-refractivity contribution is 6.31. The van der Waals surface area contributed by atoms with Gasteiger partial charge in [-0.1, -0.05) is 25.4 Å². The number of hydrogen-bond donors (Lipinski definition) is 2. The van der Waals surface area contributed by atoms with E-state index in [1.165, 1.54) is 12.1 Å². The number of amides is 1. The Morgan fingerprint density at radius 3 is 2.60 bits per heavy atom. The molecule has 5 nitrogen and oxygen atoms in total. The molecule has 20 heavy (non-hydrogen) atoms. The summed E-state index contributed by atoms with van der Waals surface area (Å²) in [5, 5.41) is 3.16. The van der Waals surface area contributed by atoms with Gasteiger partial charge in [0.25, 0.3) is 5.91 Å². The molecule has 110 valence electrons. The molecule has 1 amide bonds.